The molecule has 0 bridgehead atoms. The Kier molecular flexibility index (Phi) is 8.96. The zero-order valence-electron chi connectivity index (χ0n) is 13.3. The van der Waals surface area contributed by atoms with Crippen molar-refractivity contribution >= 4 is 23.5 Å². The monoisotopic (exact) mass is 360 g/mol. The summed E-state index contributed by atoms with van der Waals surface area (Å²) in [6.45, 7) is 3.84. The summed E-state index contributed by atoms with van der Waals surface area (Å²) < 4.78 is 35.9. The van der Waals surface area contributed by atoms with Crippen molar-refractivity contribution < 1.29 is 28.5 Å². The van der Waals surface area contributed by atoms with Crippen LogP contribution in [0.3, 0.4) is 0 Å². The number of hydrogen-bond acceptors (Lipinski definition) is 6. The van der Waals surface area contributed by atoms with Crippen LogP contribution >= 0.6 is 23.5 Å². The van der Waals surface area contributed by atoms with Crippen molar-refractivity contribution in [3.05, 3.63) is 0 Å². The molecule has 2 N–H and O–H groups in total. The average molecular weight is 360 g/mol. The zero-order valence-corrected chi connectivity index (χ0v) is 14.9. The number of rotatable bonds is 4. The first-order chi connectivity index (χ1) is 10.4. The largest absolute Gasteiger partial charge is 0.395 e. The van der Waals surface area contributed by atoms with Gasteiger partial charge in [-0.2, -0.15) is 0 Å². The lowest BCUT2D eigenvalue weighted by atomic mass is 10.0. The number of halogens is 2. The quantitative estimate of drug-likeness (QED) is 0.802. The van der Waals surface area contributed by atoms with Gasteiger partial charge in [-0.3, -0.25) is 0 Å². The van der Waals surface area contributed by atoms with Crippen LogP contribution < -0.4 is 0 Å². The summed E-state index contributed by atoms with van der Waals surface area (Å²) in [5.74, 6) is 0.148. The van der Waals surface area contributed by atoms with Crippen LogP contribution in [-0.4, -0.2) is 70.9 Å². The Morgan fingerprint density at radius 2 is 1.50 bits per heavy atom. The molecule has 8 heteroatoms. The molecular formula is C14H26F2O4S2. The molecule has 0 amide bonds. The molecule has 8 atom stereocenters. The SMILES string of the molecule is CC[C@H]1SC(OC)[C@@H](F)[C@@H]1C.COC1S[C@H](CO)[C@@H](O)[C@@H]1F. The third-order valence-corrected chi connectivity index (χ3v) is 7.31. The summed E-state index contributed by atoms with van der Waals surface area (Å²) in [6, 6.07) is 0. The molecule has 132 valence electrons. The number of hydrogen-bond donors (Lipinski definition) is 2. The Morgan fingerprint density at radius 3 is 1.77 bits per heavy atom. The minimum Gasteiger partial charge on any atom is -0.395 e. The van der Waals surface area contributed by atoms with E-state index in [0.717, 1.165) is 18.2 Å². The fraction of sp³-hybridized carbons (Fsp3) is 1.00. The maximum atomic E-state index is 13.3. The third kappa shape index (κ3) is 4.70. The minimum atomic E-state index is -1.39. The van der Waals surface area contributed by atoms with Crippen molar-refractivity contribution in [1.82, 2.24) is 0 Å². The van der Waals surface area contributed by atoms with Gasteiger partial charge in [-0.25, -0.2) is 8.78 Å². The molecule has 0 radical (unpaired) electrons. The van der Waals surface area contributed by atoms with Gasteiger partial charge >= 0.3 is 0 Å². The van der Waals surface area contributed by atoms with Crippen LogP contribution in [0.25, 0.3) is 0 Å². The second-order valence-corrected chi connectivity index (χ2v) is 8.07. The van der Waals surface area contributed by atoms with Crippen molar-refractivity contribution in [2.24, 2.45) is 5.92 Å². The molecule has 2 unspecified atom stereocenters. The molecule has 0 aliphatic carbocycles. The fourth-order valence-electron chi connectivity index (χ4n) is 2.51. The molecule has 0 saturated carbocycles. The normalized spacial score (nSPS) is 44.7. The number of aliphatic hydroxyl groups is 2. The molecular weight excluding hydrogens is 334 g/mol. The van der Waals surface area contributed by atoms with Gasteiger partial charge in [0.25, 0.3) is 0 Å². The number of methoxy groups -OCH3 is 2. The van der Waals surface area contributed by atoms with E-state index in [2.05, 4.69) is 6.92 Å². The van der Waals surface area contributed by atoms with Crippen molar-refractivity contribution in [2.75, 3.05) is 20.8 Å². The van der Waals surface area contributed by atoms with Crippen LogP contribution in [0.2, 0.25) is 0 Å². The predicted molar refractivity (Wildman–Crippen MR) is 86.7 cm³/mol. The Hall–Kier alpha value is 0.400. The van der Waals surface area contributed by atoms with E-state index in [9.17, 15) is 8.78 Å². The van der Waals surface area contributed by atoms with E-state index < -0.39 is 29.1 Å². The first-order valence-corrected chi connectivity index (χ1v) is 9.23. The standard InChI is InChI=1S/C8H15FOS.C6H11FO3S/c1-4-6-5(2)7(9)8(10-3)11-6;1-10-6-4(7)5(9)3(2-8)11-6/h5-8H,4H2,1-3H3;3-6,8-9H,2H2,1H3/t5-,6-,7+,8?;3-,4+,5-,6?/m11/s1. The van der Waals surface area contributed by atoms with Crippen LogP contribution in [0.5, 0.6) is 0 Å². The molecule has 2 aliphatic rings. The van der Waals surface area contributed by atoms with Crippen LogP contribution in [0.1, 0.15) is 20.3 Å². The van der Waals surface area contributed by atoms with E-state index in [-0.39, 0.29) is 18.0 Å². The fourth-order valence-corrected chi connectivity index (χ4v) is 5.12. The third-order valence-electron chi connectivity index (χ3n) is 3.98. The molecule has 2 aliphatic heterocycles. The maximum absolute atomic E-state index is 13.3. The van der Waals surface area contributed by atoms with Crippen LogP contribution in [0.4, 0.5) is 8.78 Å². The molecule has 2 fully saturated rings. The molecule has 0 aromatic carbocycles. The van der Waals surface area contributed by atoms with E-state index in [1.165, 1.54) is 7.11 Å². The summed E-state index contributed by atoms with van der Waals surface area (Å²) in [4.78, 5) is 0. The highest BCUT2D eigenvalue weighted by Gasteiger charge is 2.43. The van der Waals surface area contributed by atoms with E-state index in [4.69, 9.17) is 19.7 Å². The first kappa shape index (κ1) is 20.4. The minimum absolute atomic E-state index is 0.148. The van der Waals surface area contributed by atoms with Gasteiger partial charge in [-0.15, -0.1) is 23.5 Å². The molecule has 0 aromatic rings. The number of alkyl halides is 2. The van der Waals surface area contributed by atoms with E-state index >= 15 is 0 Å². The molecule has 0 spiro atoms. The molecule has 2 rings (SSSR count). The summed E-state index contributed by atoms with van der Waals surface area (Å²) >= 11 is 2.76. The van der Waals surface area contributed by atoms with Gasteiger partial charge in [0.15, 0.2) is 6.17 Å². The van der Waals surface area contributed by atoms with E-state index in [1.807, 2.05) is 6.92 Å². The van der Waals surface area contributed by atoms with Crippen molar-refractivity contribution in [3.8, 4) is 0 Å². The van der Waals surface area contributed by atoms with Crippen molar-refractivity contribution in [2.45, 2.75) is 60.1 Å². The smallest absolute Gasteiger partial charge is 0.162 e. The van der Waals surface area contributed by atoms with Gasteiger partial charge in [0.2, 0.25) is 0 Å². The summed E-state index contributed by atoms with van der Waals surface area (Å²) in [7, 11) is 2.96. The van der Waals surface area contributed by atoms with Crippen molar-refractivity contribution in [3.63, 3.8) is 0 Å². The summed E-state index contributed by atoms with van der Waals surface area (Å²) in [5, 5.41) is 17.8. The second-order valence-electron chi connectivity index (χ2n) is 5.39. The number of thioether (sulfide) groups is 2. The van der Waals surface area contributed by atoms with Gasteiger partial charge in [-0.05, 0) is 6.42 Å². The van der Waals surface area contributed by atoms with Gasteiger partial charge in [-0.1, -0.05) is 13.8 Å². The van der Waals surface area contributed by atoms with Crippen LogP contribution in [0.15, 0.2) is 0 Å². The Bertz CT molecular complexity index is 261. The van der Waals surface area contributed by atoms with Gasteiger partial charge in [0.1, 0.15) is 23.1 Å². The van der Waals surface area contributed by atoms with Crippen LogP contribution in [-0.2, 0) is 9.47 Å². The first-order valence-electron chi connectivity index (χ1n) is 7.34. The summed E-state index contributed by atoms with van der Waals surface area (Å²) in [5.41, 5.74) is -0.864. The molecule has 22 heavy (non-hydrogen) atoms. The molecule has 2 saturated heterocycles. The molecule has 2 heterocycles. The van der Waals surface area contributed by atoms with Gasteiger partial charge < -0.3 is 19.7 Å². The Balaban J connectivity index is 0.000000220. The maximum Gasteiger partial charge on any atom is 0.162 e. The lowest BCUT2D eigenvalue weighted by Crippen LogP contribution is -2.30. The molecule has 4 nitrogen and oxygen atoms in total. The van der Waals surface area contributed by atoms with E-state index in [0.29, 0.717) is 5.25 Å². The van der Waals surface area contributed by atoms with Gasteiger partial charge in [0, 0.05) is 25.4 Å². The highest BCUT2D eigenvalue weighted by atomic mass is 32.2. The average Bonchev–Trinajstić information content (AvgIpc) is 2.98. The highest BCUT2D eigenvalue weighted by Crippen LogP contribution is 2.42. The topological polar surface area (TPSA) is 58.9 Å². The van der Waals surface area contributed by atoms with Crippen molar-refractivity contribution in [1.29, 1.82) is 0 Å². The summed E-state index contributed by atoms with van der Waals surface area (Å²) in [6.07, 6.45) is -2.24. The predicted octanol–water partition coefficient (Wildman–Crippen LogP) is 2.22. The van der Waals surface area contributed by atoms with Crippen LogP contribution in [0, 0.1) is 5.92 Å². The lowest BCUT2D eigenvalue weighted by Gasteiger charge is -2.11. The van der Waals surface area contributed by atoms with Gasteiger partial charge in [0.05, 0.1) is 11.9 Å². The second kappa shape index (κ2) is 9.64. The lowest BCUT2D eigenvalue weighted by molar-refractivity contribution is 0.0172. The number of ether oxygens (including phenoxy) is 2. The Morgan fingerprint density at radius 1 is 1.00 bits per heavy atom. The van der Waals surface area contributed by atoms with E-state index in [1.54, 1.807) is 18.9 Å². The Labute approximate surface area is 139 Å². The molecule has 0 aromatic heterocycles. The zero-order chi connectivity index (χ0) is 16.9. The number of aliphatic hydroxyl groups excluding tert-OH is 2. The highest BCUT2D eigenvalue weighted by molar-refractivity contribution is 8.01.